The third-order valence-electron chi connectivity index (χ3n) is 5.64. The van der Waals surface area contributed by atoms with Gasteiger partial charge in [0.15, 0.2) is 0 Å². The first-order valence-electron chi connectivity index (χ1n) is 9.20. The molecule has 0 radical (unpaired) electrons. The van der Waals surface area contributed by atoms with Crippen molar-refractivity contribution in [2.75, 3.05) is 18.0 Å². The number of rotatable bonds is 4. The SMILES string of the molecule is O=S(=O)(N[C@H]1CC[C@@H]2CN(c3cccc(C(F)(F)F)n3)C[C@@H]21)c1ccc(F)cc1. The molecule has 156 valence electrons. The van der Waals surface area contributed by atoms with E-state index in [-0.39, 0.29) is 28.6 Å². The van der Waals surface area contributed by atoms with Crippen LogP contribution in [0, 0.1) is 17.7 Å². The van der Waals surface area contributed by atoms with Gasteiger partial charge in [-0.05, 0) is 61.1 Å². The van der Waals surface area contributed by atoms with E-state index >= 15 is 0 Å². The van der Waals surface area contributed by atoms with Crippen molar-refractivity contribution in [3.05, 3.63) is 54.0 Å². The van der Waals surface area contributed by atoms with Gasteiger partial charge < -0.3 is 4.90 Å². The van der Waals surface area contributed by atoms with Crippen molar-refractivity contribution in [2.24, 2.45) is 11.8 Å². The lowest BCUT2D eigenvalue weighted by Crippen LogP contribution is -2.39. The Labute approximate surface area is 165 Å². The number of pyridine rings is 1. The van der Waals surface area contributed by atoms with E-state index in [0.717, 1.165) is 24.6 Å². The van der Waals surface area contributed by atoms with Gasteiger partial charge in [0.05, 0.1) is 4.90 Å². The summed E-state index contributed by atoms with van der Waals surface area (Å²) < 4.78 is 79.8. The number of nitrogens with one attached hydrogen (secondary N) is 1. The average molecular weight is 429 g/mol. The van der Waals surface area contributed by atoms with Crippen molar-refractivity contribution in [2.45, 2.75) is 30.0 Å². The molecule has 10 heteroatoms. The molecule has 5 nitrogen and oxygen atoms in total. The van der Waals surface area contributed by atoms with Crippen LogP contribution in [-0.4, -0.2) is 32.5 Å². The summed E-state index contributed by atoms with van der Waals surface area (Å²) in [5.41, 5.74) is -0.944. The van der Waals surface area contributed by atoms with E-state index in [1.165, 1.54) is 24.3 Å². The van der Waals surface area contributed by atoms with Crippen LogP contribution in [0.4, 0.5) is 23.4 Å². The molecule has 2 fully saturated rings. The topological polar surface area (TPSA) is 62.3 Å². The Morgan fingerprint density at radius 3 is 2.45 bits per heavy atom. The fraction of sp³-hybridized carbons (Fsp3) is 0.421. The summed E-state index contributed by atoms with van der Waals surface area (Å²) in [6, 6.07) is 8.05. The number of anilines is 1. The zero-order chi connectivity index (χ0) is 20.8. The highest BCUT2D eigenvalue weighted by Crippen LogP contribution is 2.40. The minimum Gasteiger partial charge on any atom is -0.356 e. The van der Waals surface area contributed by atoms with Gasteiger partial charge in [-0.1, -0.05) is 6.07 Å². The molecule has 0 amide bonds. The van der Waals surface area contributed by atoms with Crippen LogP contribution in [0.2, 0.25) is 0 Å². The maximum Gasteiger partial charge on any atom is 0.433 e. The molecule has 2 aliphatic rings. The normalized spacial score (nSPS) is 24.7. The standard InChI is InChI=1S/C19H19F4N3O2S/c20-13-5-7-14(8-6-13)29(27,28)25-16-9-4-12-10-26(11-15(12)16)18-3-1-2-17(24-18)19(21,22)23/h1-3,5-8,12,15-16,25H,4,9-11H2/t12-,15+,16+/m1/s1. The molecule has 2 heterocycles. The smallest absolute Gasteiger partial charge is 0.356 e. The number of benzene rings is 1. The van der Waals surface area contributed by atoms with Crippen LogP contribution in [0.15, 0.2) is 47.4 Å². The van der Waals surface area contributed by atoms with Gasteiger partial charge in [-0.3, -0.25) is 0 Å². The maximum absolute atomic E-state index is 13.1. The number of halogens is 4. The average Bonchev–Trinajstić information content (AvgIpc) is 3.23. The largest absolute Gasteiger partial charge is 0.433 e. The lowest BCUT2D eigenvalue weighted by atomic mass is 9.98. The van der Waals surface area contributed by atoms with Crippen molar-refractivity contribution in [3.8, 4) is 0 Å². The second-order valence-corrected chi connectivity index (χ2v) is 9.18. The van der Waals surface area contributed by atoms with Gasteiger partial charge >= 0.3 is 6.18 Å². The van der Waals surface area contributed by atoms with E-state index in [4.69, 9.17) is 0 Å². The Bertz CT molecular complexity index is 995. The van der Waals surface area contributed by atoms with E-state index in [1.807, 2.05) is 0 Å². The van der Waals surface area contributed by atoms with Crippen LogP contribution in [0.5, 0.6) is 0 Å². The Balaban J connectivity index is 1.49. The zero-order valence-corrected chi connectivity index (χ0v) is 16.0. The molecular weight excluding hydrogens is 410 g/mol. The van der Waals surface area contributed by atoms with Crippen molar-refractivity contribution < 1.29 is 26.0 Å². The van der Waals surface area contributed by atoms with E-state index < -0.39 is 27.7 Å². The summed E-state index contributed by atoms with van der Waals surface area (Å²) in [6.07, 6.45) is -3.09. The van der Waals surface area contributed by atoms with E-state index in [0.29, 0.717) is 19.5 Å². The second-order valence-electron chi connectivity index (χ2n) is 7.47. The quantitative estimate of drug-likeness (QED) is 0.757. The van der Waals surface area contributed by atoms with E-state index in [1.54, 1.807) is 4.90 Å². The highest BCUT2D eigenvalue weighted by atomic mass is 32.2. The molecule has 4 rings (SSSR count). The minimum absolute atomic E-state index is 0.0169. The molecule has 1 saturated carbocycles. The van der Waals surface area contributed by atoms with Crippen molar-refractivity contribution >= 4 is 15.8 Å². The molecule has 1 saturated heterocycles. The third kappa shape index (κ3) is 4.09. The highest BCUT2D eigenvalue weighted by Gasteiger charge is 2.44. The number of nitrogens with zero attached hydrogens (tertiary/aromatic N) is 2. The molecule has 0 spiro atoms. The second kappa shape index (κ2) is 7.24. The summed E-state index contributed by atoms with van der Waals surface area (Å²) in [7, 11) is -3.81. The van der Waals surface area contributed by atoms with Crippen LogP contribution in [-0.2, 0) is 16.2 Å². The number of hydrogen-bond donors (Lipinski definition) is 1. The summed E-state index contributed by atoms with van der Waals surface area (Å²) in [6.45, 7) is 0.962. The predicted molar refractivity (Wildman–Crippen MR) is 98.2 cm³/mol. The summed E-state index contributed by atoms with van der Waals surface area (Å²) in [4.78, 5) is 5.50. The Morgan fingerprint density at radius 2 is 1.76 bits per heavy atom. The highest BCUT2D eigenvalue weighted by molar-refractivity contribution is 7.89. The fourth-order valence-corrected chi connectivity index (χ4v) is 5.56. The first-order chi connectivity index (χ1) is 13.6. The fourth-order valence-electron chi connectivity index (χ4n) is 4.24. The van der Waals surface area contributed by atoms with Gasteiger partial charge in [-0.25, -0.2) is 22.5 Å². The molecule has 2 aromatic rings. The maximum atomic E-state index is 13.1. The van der Waals surface area contributed by atoms with Gasteiger partial charge in [-0.15, -0.1) is 0 Å². The molecule has 0 unspecified atom stereocenters. The van der Waals surface area contributed by atoms with Crippen LogP contribution in [0.1, 0.15) is 18.5 Å². The van der Waals surface area contributed by atoms with E-state index in [2.05, 4.69) is 9.71 Å². The Morgan fingerprint density at radius 1 is 1.03 bits per heavy atom. The van der Waals surface area contributed by atoms with Crippen molar-refractivity contribution in [1.82, 2.24) is 9.71 Å². The van der Waals surface area contributed by atoms with E-state index in [9.17, 15) is 26.0 Å². The first kappa shape index (κ1) is 20.1. The Kier molecular flexibility index (Phi) is 5.02. The molecule has 1 aromatic carbocycles. The van der Waals surface area contributed by atoms with Crippen molar-refractivity contribution in [3.63, 3.8) is 0 Å². The summed E-state index contributed by atoms with van der Waals surface area (Å²) >= 11 is 0. The molecule has 29 heavy (non-hydrogen) atoms. The number of aromatic nitrogens is 1. The number of hydrogen-bond acceptors (Lipinski definition) is 4. The monoisotopic (exact) mass is 429 g/mol. The molecule has 1 N–H and O–H groups in total. The van der Waals surface area contributed by atoms with Crippen LogP contribution >= 0.6 is 0 Å². The van der Waals surface area contributed by atoms with Crippen LogP contribution in [0.25, 0.3) is 0 Å². The molecule has 3 atom stereocenters. The van der Waals surface area contributed by atoms with Gasteiger partial charge in [0, 0.05) is 19.1 Å². The van der Waals surface area contributed by atoms with Gasteiger partial charge in [0.25, 0.3) is 0 Å². The molecule has 1 aromatic heterocycles. The van der Waals surface area contributed by atoms with Crippen molar-refractivity contribution in [1.29, 1.82) is 0 Å². The zero-order valence-electron chi connectivity index (χ0n) is 15.2. The summed E-state index contributed by atoms with van der Waals surface area (Å²) in [5, 5.41) is 0. The number of alkyl halides is 3. The first-order valence-corrected chi connectivity index (χ1v) is 10.7. The molecule has 1 aliphatic carbocycles. The lowest BCUT2D eigenvalue weighted by molar-refractivity contribution is -0.141. The molecule has 0 bridgehead atoms. The predicted octanol–water partition coefficient (Wildman–Crippen LogP) is 3.43. The van der Waals surface area contributed by atoms with Crippen LogP contribution in [0.3, 0.4) is 0 Å². The van der Waals surface area contributed by atoms with Crippen LogP contribution < -0.4 is 9.62 Å². The third-order valence-corrected chi connectivity index (χ3v) is 7.14. The lowest BCUT2D eigenvalue weighted by Gasteiger charge is -2.23. The number of fused-ring (bicyclic) bond motifs is 1. The molecule has 1 aliphatic heterocycles. The van der Waals surface area contributed by atoms with Gasteiger partial charge in [0.2, 0.25) is 10.0 Å². The van der Waals surface area contributed by atoms with Gasteiger partial charge in [-0.2, -0.15) is 13.2 Å². The molecular formula is C19H19F4N3O2S. The number of sulfonamides is 1. The summed E-state index contributed by atoms with van der Waals surface area (Å²) in [5.74, 6) is -0.131. The minimum atomic E-state index is -4.51. The Hall–Kier alpha value is -2.20. The van der Waals surface area contributed by atoms with Gasteiger partial charge in [0.1, 0.15) is 17.3 Å².